The molecule has 112 valence electrons. The fourth-order valence-electron chi connectivity index (χ4n) is 2.55. The van der Waals surface area contributed by atoms with Crippen LogP contribution in [0.1, 0.15) is 22.3 Å². The van der Waals surface area contributed by atoms with E-state index < -0.39 is 0 Å². The molecule has 0 bridgehead atoms. The zero-order valence-electron chi connectivity index (χ0n) is 12.2. The standard InChI is InChI=1S/C18H18N2O2/c21-15-8-9-17-16(11-15)14(12-20-17)7-4-10-19-18(22)13-5-2-1-3-6-13/h1-3,5-6,8-9,11-12,20-21H,4,7,10H2,(H,19,22). The third-order valence-electron chi connectivity index (χ3n) is 3.70. The van der Waals surface area contributed by atoms with Gasteiger partial charge >= 0.3 is 0 Å². The van der Waals surface area contributed by atoms with Crippen LogP contribution in [0.5, 0.6) is 5.75 Å². The van der Waals surface area contributed by atoms with E-state index in [1.165, 1.54) is 0 Å². The van der Waals surface area contributed by atoms with Crippen LogP contribution in [0.4, 0.5) is 0 Å². The second-order valence-electron chi connectivity index (χ2n) is 5.27. The van der Waals surface area contributed by atoms with E-state index in [0.29, 0.717) is 12.1 Å². The summed E-state index contributed by atoms with van der Waals surface area (Å²) in [6.07, 6.45) is 3.66. The molecule has 3 rings (SSSR count). The fourth-order valence-corrected chi connectivity index (χ4v) is 2.55. The van der Waals surface area contributed by atoms with Gasteiger partial charge in [0, 0.05) is 29.2 Å². The SMILES string of the molecule is O=C(NCCCc1c[nH]c2ccc(O)cc12)c1ccccc1. The van der Waals surface area contributed by atoms with E-state index >= 15 is 0 Å². The summed E-state index contributed by atoms with van der Waals surface area (Å²) in [5.74, 6) is 0.225. The highest BCUT2D eigenvalue weighted by atomic mass is 16.3. The van der Waals surface area contributed by atoms with Crippen LogP contribution in [0, 0.1) is 0 Å². The van der Waals surface area contributed by atoms with Gasteiger partial charge in [0.2, 0.25) is 0 Å². The number of H-pyrrole nitrogens is 1. The number of aromatic amines is 1. The summed E-state index contributed by atoms with van der Waals surface area (Å²) in [6.45, 7) is 0.624. The van der Waals surface area contributed by atoms with Gasteiger partial charge in [-0.1, -0.05) is 18.2 Å². The maximum Gasteiger partial charge on any atom is 0.251 e. The second kappa shape index (κ2) is 6.35. The first-order valence-electron chi connectivity index (χ1n) is 7.36. The van der Waals surface area contributed by atoms with Crippen molar-refractivity contribution in [2.24, 2.45) is 0 Å². The van der Waals surface area contributed by atoms with E-state index in [-0.39, 0.29) is 11.7 Å². The van der Waals surface area contributed by atoms with Crippen molar-refractivity contribution in [2.75, 3.05) is 6.54 Å². The molecule has 3 N–H and O–H groups in total. The highest BCUT2D eigenvalue weighted by Crippen LogP contribution is 2.23. The molecule has 4 heteroatoms. The van der Waals surface area contributed by atoms with Crippen molar-refractivity contribution in [2.45, 2.75) is 12.8 Å². The van der Waals surface area contributed by atoms with Crippen molar-refractivity contribution in [3.63, 3.8) is 0 Å². The van der Waals surface area contributed by atoms with Crippen LogP contribution in [0.2, 0.25) is 0 Å². The normalized spacial score (nSPS) is 10.7. The Morgan fingerprint density at radius 2 is 1.95 bits per heavy atom. The number of hydrogen-bond acceptors (Lipinski definition) is 2. The van der Waals surface area contributed by atoms with Gasteiger partial charge in [-0.05, 0) is 48.7 Å². The van der Waals surface area contributed by atoms with Crippen molar-refractivity contribution < 1.29 is 9.90 Å². The zero-order chi connectivity index (χ0) is 15.4. The molecule has 0 aliphatic heterocycles. The highest BCUT2D eigenvalue weighted by Gasteiger charge is 2.06. The zero-order valence-corrected chi connectivity index (χ0v) is 12.2. The number of aromatic hydroxyl groups is 1. The Hall–Kier alpha value is -2.75. The molecule has 0 aliphatic carbocycles. The third-order valence-corrected chi connectivity index (χ3v) is 3.70. The molecular weight excluding hydrogens is 276 g/mol. The summed E-state index contributed by atoms with van der Waals surface area (Å²) in [7, 11) is 0. The summed E-state index contributed by atoms with van der Waals surface area (Å²) in [6, 6.07) is 14.5. The summed E-state index contributed by atoms with van der Waals surface area (Å²) in [4.78, 5) is 15.1. The topological polar surface area (TPSA) is 65.1 Å². The van der Waals surface area contributed by atoms with Gasteiger partial charge in [0.05, 0.1) is 0 Å². The number of aromatic nitrogens is 1. The summed E-state index contributed by atoms with van der Waals surface area (Å²) >= 11 is 0. The molecular formula is C18H18N2O2. The number of nitrogens with one attached hydrogen (secondary N) is 2. The third kappa shape index (κ3) is 3.11. The van der Waals surface area contributed by atoms with Crippen LogP contribution >= 0.6 is 0 Å². The summed E-state index contributed by atoms with van der Waals surface area (Å²) in [5, 5.41) is 13.5. The monoisotopic (exact) mass is 294 g/mol. The second-order valence-corrected chi connectivity index (χ2v) is 5.27. The van der Waals surface area contributed by atoms with E-state index in [0.717, 1.165) is 29.3 Å². The van der Waals surface area contributed by atoms with Crippen LogP contribution in [-0.4, -0.2) is 22.5 Å². The highest BCUT2D eigenvalue weighted by molar-refractivity contribution is 5.94. The fraction of sp³-hybridized carbons (Fsp3) is 0.167. The van der Waals surface area contributed by atoms with Crippen LogP contribution < -0.4 is 5.32 Å². The van der Waals surface area contributed by atoms with Gasteiger partial charge < -0.3 is 15.4 Å². The summed E-state index contributed by atoms with van der Waals surface area (Å²) < 4.78 is 0. The number of hydrogen-bond donors (Lipinski definition) is 3. The van der Waals surface area contributed by atoms with E-state index in [1.807, 2.05) is 30.5 Å². The molecule has 0 saturated heterocycles. The number of aryl methyl sites for hydroxylation is 1. The first-order valence-corrected chi connectivity index (χ1v) is 7.36. The van der Waals surface area contributed by atoms with Gasteiger partial charge in [0.15, 0.2) is 0 Å². The van der Waals surface area contributed by atoms with Crippen molar-refractivity contribution >= 4 is 16.8 Å². The molecule has 1 aromatic heterocycles. The van der Waals surface area contributed by atoms with E-state index in [9.17, 15) is 9.90 Å². The van der Waals surface area contributed by atoms with Crippen LogP contribution in [0.25, 0.3) is 10.9 Å². The number of carbonyl (C=O) groups excluding carboxylic acids is 1. The van der Waals surface area contributed by atoms with Gasteiger partial charge in [0.25, 0.3) is 5.91 Å². The molecule has 4 nitrogen and oxygen atoms in total. The van der Waals surface area contributed by atoms with E-state index in [1.54, 1.807) is 24.3 Å². The Bertz CT molecular complexity index is 778. The minimum Gasteiger partial charge on any atom is -0.508 e. The van der Waals surface area contributed by atoms with Crippen LogP contribution in [0.3, 0.4) is 0 Å². The molecule has 0 fully saturated rings. The smallest absolute Gasteiger partial charge is 0.251 e. The molecule has 2 aromatic carbocycles. The first-order chi connectivity index (χ1) is 10.7. The van der Waals surface area contributed by atoms with Gasteiger partial charge in [-0.25, -0.2) is 0 Å². The number of phenolic OH excluding ortho intramolecular Hbond substituents is 1. The van der Waals surface area contributed by atoms with Gasteiger partial charge in [-0.3, -0.25) is 4.79 Å². The largest absolute Gasteiger partial charge is 0.508 e. The molecule has 0 unspecified atom stereocenters. The van der Waals surface area contributed by atoms with Gasteiger partial charge in [-0.2, -0.15) is 0 Å². The molecule has 22 heavy (non-hydrogen) atoms. The lowest BCUT2D eigenvalue weighted by atomic mass is 10.1. The molecule has 0 aliphatic rings. The molecule has 3 aromatic rings. The summed E-state index contributed by atoms with van der Waals surface area (Å²) in [5.41, 5.74) is 2.85. The molecule has 1 heterocycles. The Kier molecular flexibility index (Phi) is 4.10. The molecule has 0 atom stereocenters. The Balaban J connectivity index is 1.54. The minimum absolute atomic E-state index is 0.0443. The van der Waals surface area contributed by atoms with Crippen molar-refractivity contribution in [1.29, 1.82) is 0 Å². The van der Waals surface area contributed by atoms with Gasteiger partial charge in [0.1, 0.15) is 5.75 Å². The van der Waals surface area contributed by atoms with E-state index in [2.05, 4.69) is 10.3 Å². The van der Waals surface area contributed by atoms with Crippen molar-refractivity contribution in [1.82, 2.24) is 10.3 Å². The van der Waals surface area contributed by atoms with Crippen molar-refractivity contribution in [3.8, 4) is 5.75 Å². The lowest BCUT2D eigenvalue weighted by Gasteiger charge is -2.05. The van der Waals surface area contributed by atoms with Gasteiger partial charge in [-0.15, -0.1) is 0 Å². The average Bonchev–Trinajstić information content (AvgIpc) is 2.94. The number of carbonyl (C=O) groups is 1. The Morgan fingerprint density at radius 3 is 2.77 bits per heavy atom. The first kappa shape index (κ1) is 14.2. The number of phenols is 1. The Labute approximate surface area is 128 Å². The number of fused-ring (bicyclic) bond motifs is 1. The quantitative estimate of drug-likeness (QED) is 0.632. The van der Waals surface area contributed by atoms with Crippen LogP contribution in [-0.2, 0) is 6.42 Å². The lowest BCUT2D eigenvalue weighted by molar-refractivity contribution is 0.0953. The number of amides is 1. The predicted octanol–water partition coefficient (Wildman–Crippen LogP) is 3.24. The maximum absolute atomic E-state index is 11.9. The average molecular weight is 294 g/mol. The van der Waals surface area contributed by atoms with Crippen molar-refractivity contribution in [3.05, 3.63) is 65.9 Å². The molecule has 0 saturated carbocycles. The maximum atomic E-state index is 11.9. The molecule has 0 radical (unpaired) electrons. The molecule has 0 spiro atoms. The minimum atomic E-state index is -0.0443. The lowest BCUT2D eigenvalue weighted by Crippen LogP contribution is -2.24. The number of benzene rings is 2. The predicted molar refractivity (Wildman–Crippen MR) is 87.1 cm³/mol. The Morgan fingerprint density at radius 1 is 1.14 bits per heavy atom. The van der Waals surface area contributed by atoms with Crippen LogP contribution in [0.15, 0.2) is 54.7 Å². The number of rotatable bonds is 5. The molecule has 1 amide bonds. The van der Waals surface area contributed by atoms with E-state index in [4.69, 9.17) is 0 Å².